The van der Waals surface area contributed by atoms with Crippen molar-refractivity contribution >= 4 is 47.3 Å². The molecule has 2 unspecified atom stereocenters. The lowest BCUT2D eigenvalue weighted by Crippen LogP contribution is -2.70. The molecule has 35 heavy (non-hydrogen) atoms. The summed E-state index contributed by atoms with van der Waals surface area (Å²) in [7, 11) is 0. The number of esters is 1. The second kappa shape index (κ2) is 11.0. The van der Waals surface area contributed by atoms with Crippen LogP contribution in [-0.4, -0.2) is 62.5 Å². The average Bonchev–Trinajstić information content (AvgIpc) is 2.85. The molecule has 2 atom stereocenters. The number of amides is 2. The van der Waals surface area contributed by atoms with E-state index in [2.05, 4.69) is 10.3 Å². The number of thioether (sulfide) groups is 2. The Morgan fingerprint density at radius 2 is 1.91 bits per heavy atom. The zero-order valence-electron chi connectivity index (χ0n) is 18.8. The lowest BCUT2D eigenvalue weighted by molar-refractivity contribution is -0.151. The van der Waals surface area contributed by atoms with Crippen molar-refractivity contribution in [2.75, 3.05) is 12.4 Å². The number of benzene rings is 1. The summed E-state index contributed by atoms with van der Waals surface area (Å²) in [5.74, 6) is -1.64. The fraction of sp³-hybridized carbons (Fsp3) is 0.292. The van der Waals surface area contributed by atoms with Gasteiger partial charge in [0.2, 0.25) is 5.91 Å². The van der Waals surface area contributed by atoms with Crippen LogP contribution in [0.3, 0.4) is 0 Å². The maximum absolute atomic E-state index is 12.8. The maximum Gasteiger partial charge on any atom is 0.352 e. The van der Waals surface area contributed by atoms with Crippen LogP contribution in [0.1, 0.15) is 18.1 Å². The summed E-state index contributed by atoms with van der Waals surface area (Å²) in [6.45, 7) is 1.04. The Bertz CT molecular complexity index is 1190. The monoisotopic (exact) mass is 513 g/mol. The Morgan fingerprint density at radius 1 is 1.20 bits per heavy atom. The van der Waals surface area contributed by atoms with Gasteiger partial charge < -0.3 is 15.2 Å². The number of ether oxygens (including phenoxy) is 1. The van der Waals surface area contributed by atoms with Crippen molar-refractivity contribution in [1.82, 2.24) is 15.2 Å². The minimum absolute atomic E-state index is 0.105. The van der Waals surface area contributed by atoms with Gasteiger partial charge in [-0.2, -0.15) is 0 Å². The Kier molecular flexibility index (Phi) is 7.76. The zero-order valence-corrected chi connectivity index (χ0v) is 20.4. The molecule has 1 aromatic heterocycles. The molecule has 9 nitrogen and oxygen atoms in total. The molecule has 11 heteroatoms. The van der Waals surface area contributed by atoms with Gasteiger partial charge >= 0.3 is 11.9 Å². The van der Waals surface area contributed by atoms with E-state index >= 15 is 0 Å². The van der Waals surface area contributed by atoms with Crippen molar-refractivity contribution in [2.45, 2.75) is 35.4 Å². The van der Waals surface area contributed by atoms with Crippen molar-refractivity contribution in [2.24, 2.45) is 0 Å². The summed E-state index contributed by atoms with van der Waals surface area (Å²) in [6, 6.07) is 10.7. The fourth-order valence-electron chi connectivity index (χ4n) is 3.85. The third kappa shape index (κ3) is 5.68. The molecule has 0 spiro atoms. The van der Waals surface area contributed by atoms with E-state index in [0.717, 1.165) is 16.0 Å². The molecular weight excluding hydrogens is 490 g/mol. The van der Waals surface area contributed by atoms with Gasteiger partial charge in [-0.05, 0) is 23.3 Å². The molecule has 1 saturated heterocycles. The van der Waals surface area contributed by atoms with E-state index in [9.17, 15) is 24.3 Å². The molecule has 2 aliphatic heterocycles. The summed E-state index contributed by atoms with van der Waals surface area (Å²) in [5.41, 5.74) is 2.06. The van der Waals surface area contributed by atoms with E-state index in [1.165, 1.54) is 23.6 Å². The van der Waals surface area contributed by atoms with E-state index < -0.39 is 29.3 Å². The van der Waals surface area contributed by atoms with Crippen LogP contribution in [0.2, 0.25) is 0 Å². The van der Waals surface area contributed by atoms with E-state index in [4.69, 9.17) is 4.74 Å². The third-order valence-corrected chi connectivity index (χ3v) is 7.93. The number of pyridine rings is 1. The highest BCUT2D eigenvalue weighted by atomic mass is 32.2. The number of carboxylic acid groups (broad SMARTS) is 1. The van der Waals surface area contributed by atoms with Crippen LogP contribution in [0, 0.1) is 0 Å². The van der Waals surface area contributed by atoms with Crippen LogP contribution < -0.4 is 5.32 Å². The van der Waals surface area contributed by atoms with Crippen molar-refractivity contribution in [3.8, 4) is 0 Å². The third-order valence-electron chi connectivity index (χ3n) is 5.53. The Balaban J connectivity index is 1.39. The van der Waals surface area contributed by atoms with Gasteiger partial charge in [-0.25, -0.2) is 4.79 Å². The first kappa shape index (κ1) is 24.8. The number of hydrogen-bond donors (Lipinski definition) is 2. The summed E-state index contributed by atoms with van der Waals surface area (Å²) >= 11 is 2.97. The predicted octanol–water partition coefficient (Wildman–Crippen LogP) is 2.22. The topological polar surface area (TPSA) is 126 Å². The van der Waals surface area contributed by atoms with Crippen LogP contribution in [-0.2, 0) is 36.1 Å². The minimum atomic E-state index is -1.27. The second-order valence-electron chi connectivity index (χ2n) is 7.91. The SMILES string of the molecule is CC(=O)OCC1=C(C(=O)O)N2C(=O)C(NC(=O)Cc3ccccc3CSc3ccncc3)C2SC1. The van der Waals surface area contributed by atoms with E-state index in [1.54, 1.807) is 24.2 Å². The first-order valence-corrected chi connectivity index (χ1v) is 12.8. The van der Waals surface area contributed by atoms with E-state index in [-0.39, 0.29) is 30.4 Å². The van der Waals surface area contributed by atoms with Crippen LogP contribution in [0.5, 0.6) is 0 Å². The van der Waals surface area contributed by atoms with Gasteiger partial charge in [0.15, 0.2) is 0 Å². The van der Waals surface area contributed by atoms with Crippen LogP contribution >= 0.6 is 23.5 Å². The number of aromatic nitrogens is 1. The molecule has 0 bridgehead atoms. The summed E-state index contributed by atoms with van der Waals surface area (Å²) in [5, 5.41) is 11.9. The number of β-lactam (4-membered cyclic amide) rings is 1. The fourth-order valence-corrected chi connectivity index (χ4v) is 6.09. The summed E-state index contributed by atoms with van der Waals surface area (Å²) in [6.07, 6.45) is 3.57. The van der Waals surface area contributed by atoms with E-state index in [0.29, 0.717) is 11.3 Å². The number of fused-ring (bicyclic) bond motifs is 1. The second-order valence-corrected chi connectivity index (χ2v) is 10.1. The van der Waals surface area contributed by atoms with Crippen LogP contribution in [0.25, 0.3) is 0 Å². The number of aliphatic carboxylic acids is 1. The van der Waals surface area contributed by atoms with Gasteiger partial charge in [-0.1, -0.05) is 24.3 Å². The number of rotatable bonds is 9. The normalized spacial score (nSPS) is 19.0. The molecule has 1 aromatic carbocycles. The number of hydrogen-bond acceptors (Lipinski definition) is 8. The van der Waals surface area contributed by atoms with Crippen LogP contribution in [0.15, 0.2) is 65.0 Å². The standard InChI is InChI=1S/C24H23N3O6S2/c1-14(28)33-11-17-13-35-23-20(22(30)27(23)21(17)24(31)32)26-19(29)10-15-4-2-3-5-16(15)12-34-18-6-8-25-9-7-18/h2-9,20,23H,10-13H2,1H3,(H,26,29)(H,31,32). The highest BCUT2D eigenvalue weighted by Crippen LogP contribution is 2.40. The molecular formula is C24H23N3O6S2. The largest absolute Gasteiger partial charge is 0.477 e. The number of carbonyl (C=O) groups excluding carboxylic acids is 3. The van der Waals surface area contributed by atoms with Gasteiger partial charge in [-0.15, -0.1) is 23.5 Å². The molecule has 2 N–H and O–H groups in total. The molecule has 2 amide bonds. The van der Waals surface area contributed by atoms with Crippen molar-refractivity contribution in [1.29, 1.82) is 0 Å². The average molecular weight is 514 g/mol. The first-order chi connectivity index (χ1) is 16.8. The zero-order chi connectivity index (χ0) is 24.9. The highest BCUT2D eigenvalue weighted by Gasteiger charge is 2.54. The number of carbonyl (C=O) groups is 4. The molecule has 0 aliphatic carbocycles. The Labute approximate surface area is 210 Å². The van der Waals surface area contributed by atoms with E-state index in [1.807, 2.05) is 36.4 Å². The van der Waals surface area contributed by atoms with Gasteiger partial charge in [0.1, 0.15) is 23.7 Å². The summed E-state index contributed by atoms with van der Waals surface area (Å²) < 4.78 is 4.94. The maximum atomic E-state index is 12.8. The van der Waals surface area contributed by atoms with Gasteiger partial charge in [0.25, 0.3) is 5.91 Å². The van der Waals surface area contributed by atoms with Gasteiger partial charge in [0.05, 0.1) is 6.42 Å². The number of carboxylic acids is 1. The minimum Gasteiger partial charge on any atom is -0.477 e. The lowest BCUT2D eigenvalue weighted by Gasteiger charge is -2.49. The molecule has 4 rings (SSSR count). The number of nitrogens with one attached hydrogen (secondary N) is 1. The predicted molar refractivity (Wildman–Crippen MR) is 130 cm³/mol. The van der Waals surface area contributed by atoms with Gasteiger partial charge in [-0.3, -0.25) is 24.3 Å². The quantitative estimate of drug-likeness (QED) is 0.295. The van der Waals surface area contributed by atoms with Crippen molar-refractivity contribution in [3.05, 3.63) is 71.2 Å². The molecule has 0 saturated carbocycles. The smallest absolute Gasteiger partial charge is 0.352 e. The lowest BCUT2D eigenvalue weighted by atomic mass is 10.0. The molecule has 0 radical (unpaired) electrons. The highest BCUT2D eigenvalue weighted by molar-refractivity contribution is 8.00. The first-order valence-electron chi connectivity index (χ1n) is 10.8. The van der Waals surface area contributed by atoms with Crippen molar-refractivity contribution in [3.63, 3.8) is 0 Å². The van der Waals surface area contributed by atoms with Crippen LogP contribution in [0.4, 0.5) is 0 Å². The van der Waals surface area contributed by atoms with Gasteiger partial charge in [0, 0.05) is 41.3 Å². The molecule has 1 fully saturated rings. The van der Waals surface area contributed by atoms with Crippen molar-refractivity contribution < 1.29 is 29.0 Å². The molecule has 3 heterocycles. The molecule has 2 aromatic rings. The Hall–Kier alpha value is -3.31. The molecule has 182 valence electrons. The summed E-state index contributed by atoms with van der Waals surface area (Å²) in [4.78, 5) is 54.8. The molecule has 2 aliphatic rings. The number of nitrogens with zero attached hydrogens (tertiary/aromatic N) is 2. The Morgan fingerprint density at radius 3 is 2.60 bits per heavy atom.